The Morgan fingerprint density at radius 2 is 2.00 bits per heavy atom. The third-order valence-corrected chi connectivity index (χ3v) is 3.33. The van der Waals surface area contributed by atoms with Crippen LogP contribution in [0.25, 0.3) is 0 Å². The highest BCUT2D eigenvalue weighted by molar-refractivity contribution is 9.10. The summed E-state index contributed by atoms with van der Waals surface area (Å²) in [4.78, 5) is 12.0. The van der Waals surface area contributed by atoms with Crippen LogP contribution in [0.5, 0.6) is 0 Å². The maximum Gasteiger partial charge on any atom is 0.255 e. The van der Waals surface area contributed by atoms with Gasteiger partial charge >= 0.3 is 0 Å². The van der Waals surface area contributed by atoms with E-state index >= 15 is 0 Å². The van der Waals surface area contributed by atoms with E-state index in [1.54, 1.807) is 12.1 Å². The molecule has 2 aromatic carbocycles. The molecular weight excluding hydrogens is 311 g/mol. The Labute approximate surface area is 118 Å². The van der Waals surface area contributed by atoms with Crippen LogP contribution < -0.4 is 11.1 Å². The van der Waals surface area contributed by atoms with Crippen LogP contribution >= 0.6 is 15.9 Å². The van der Waals surface area contributed by atoms with Gasteiger partial charge < -0.3 is 11.1 Å². The van der Waals surface area contributed by atoms with Gasteiger partial charge in [-0.25, -0.2) is 4.39 Å². The molecule has 0 spiro atoms. The van der Waals surface area contributed by atoms with Crippen LogP contribution in [0.1, 0.15) is 15.9 Å². The molecule has 3 nitrogen and oxygen atoms in total. The van der Waals surface area contributed by atoms with Crippen LogP contribution in [-0.2, 0) is 0 Å². The van der Waals surface area contributed by atoms with Gasteiger partial charge in [0.1, 0.15) is 5.82 Å². The van der Waals surface area contributed by atoms with Gasteiger partial charge in [-0.2, -0.15) is 0 Å². The van der Waals surface area contributed by atoms with Crippen molar-refractivity contribution in [2.75, 3.05) is 11.1 Å². The lowest BCUT2D eigenvalue weighted by Gasteiger charge is -2.08. The van der Waals surface area contributed by atoms with E-state index in [0.717, 1.165) is 5.56 Å². The highest BCUT2D eigenvalue weighted by Crippen LogP contribution is 2.20. The first-order valence-corrected chi connectivity index (χ1v) is 6.39. The fourth-order valence-corrected chi connectivity index (χ4v) is 1.94. The normalized spacial score (nSPS) is 10.3. The fraction of sp³-hybridized carbons (Fsp3) is 0.0714. The van der Waals surface area contributed by atoms with Gasteiger partial charge in [-0.1, -0.05) is 6.07 Å². The number of carbonyl (C=O) groups excluding carboxylic acids is 1. The highest BCUT2D eigenvalue weighted by Gasteiger charge is 2.09. The molecule has 2 rings (SSSR count). The smallest absolute Gasteiger partial charge is 0.255 e. The molecule has 0 atom stereocenters. The summed E-state index contributed by atoms with van der Waals surface area (Å²) in [6.45, 7) is 1.89. The van der Waals surface area contributed by atoms with E-state index in [1.807, 2.05) is 13.0 Å². The molecule has 0 radical (unpaired) electrons. The van der Waals surface area contributed by atoms with Crippen molar-refractivity contribution in [1.82, 2.24) is 0 Å². The Morgan fingerprint density at radius 3 is 2.63 bits per heavy atom. The largest absolute Gasteiger partial charge is 0.398 e. The van der Waals surface area contributed by atoms with Crippen molar-refractivity contribution in [3.05, 3.63) is 57.8 Å². The SMILES string of the molecule is Cc1ccc(NC(=O)c2ccc(F)c(Br)c2)cc1N. The number of hydrogen-bond acceptors (Lipinski definition) is 2. The first-order chi connectivity index (χ1) is 8.97. The average Bonchev–Trinajstić information content (AvgIpc) is 2.37. The lowest BCUT2D eigenvalue weighted by molar-refractivity contribution is 0.102. The first-order valence-electron chi connectivity index (χ1n) is 5.60. The number of hydrogen-bond donors (Lipinski definition) is 2. The molecule has 0 unspecified atom stereocenters. The summed E-state index contributed by atoms with van der Waals surface area (Å²) in [6.07, 6.45) is 0. The molecule has 0 aliphatic carbocycles. The van der Waals surface area contributed by atoms with E-state index < -0.39 is 5.82 Å². The number of benzene rings is 2. The van der Waals surface area contributed by atoms with Crippen molar-refractivity contribution < 1.29 is 9.18 Å². The lowest BCUT2D eigenvalue weighted by Crippen LogP contribution is -2.12. The van der Waals surface area contributed by atoms with Gasteiger partial charge in [0, 0.05) is 16.9 Å². The van der Waals surface area contributed by atoms with Crippen LogP contribution in [-0.4, -0.2) is 5.91 Å². The van der Waals surface area contributed by atoms with Gasteiger partial charge in [-0.05, 0) is 58.7 Å². The molecule has 98 valence electrons. The molecule has 2 aromatic rings. The van der Waals surface area contributed by atoms with E-state index in [4.69, 9.17) is 5.73 Å². The van der Waals surface area contributed by atoms with Crippen LogP contribution in [0.2, 0.25) is 0 Å². The molecule has 0 fully saturated rings. The number of nitrogen functional groups attached to an aromatic ring is 1. The molecule has 0 saturated carbocycles. The highest BCUT2D eigenvalue weighted by atomic mass is 79.9. The molecule has 5 heteroatoms. The van der Waals surface area contributed by atoms with Gasteiger partial charge in [0.25, 0.3) is 5.91 Å². The van der Waals surface area contributed by atoms with Gasteiger partial charge in [0.2, 0.25) is 0 Å². The average molecular weight is 323 g/mol. The van der Waals surface area contributed by atoms with Crippen LogP contribution in [0.15, 0.2) is 40.9 Å². The number of rotatable bonds is 2. The number of nitrogens with one attached hydrogen (secondary N) is 1. The summed E-state index contributed by atoms with van der Waals surface area (Å²) in [5.74, 6) is -0.722. The Morgan fingerprint density at radius 1 is 1.26 bits per heavy atom. The summed E-state index contributed by atoms with van der Waals surface area (Å²) in [7, 11) is 0. The zero-order chi connectivity index (χ0) is 14.0. The predicted molar refractivity (Wildman–Crippen MR) is 77.6 cm³/mol. The first kappa shape index (κ1) is 13.5. The molecule has 19 heavy (non-hydrogen) atoms. The van der Waals surface area contributed by atoms with Crippen molar-refractivity contribution >= 4 is 33.2 Å². The minimum absolute atomic E-state index is 0.253. The van der Waals surface area contributed by atoms with Crippen LogP contribution in [0.3, 0.4) is 0 Å². The zero-order valence-corrected chi connectivity index (χ0v) is 11.8. The molecule has 0 heterocycles. The number of aryl methyl sites for hydroxylation is 1. The Bertz CT molecular complexity index is 643. The summed E-state index contributed by atoms with van der Waals surface area (Å²) < 4.78 is 13.3. The van der Waals surface area contributed by atoms with Crippen LogP contribution in [0.4, 0.5) is 15.8 Å². The molecule has 0 aromatic heterocycles. The lowest BCUT2D eigenvalue weighted by atomic mass is 10.1. The monoisotopic (exact) mass is 322 g/mol. The Hall–Kier alpha value is -1.88. The van der Waals surface area contributed by atoms with Crippen molar-refractivity contribution in [3.63, 3.8) is 0 Å². The van der Waals surface area contributed by atoms with E-state index in [1.165, 1.54) is 18.2 Å². The van der Waals surface area contributed by atoms with Crippen molar-refractivity contribution in [2.45, 2.75) is 6.92 Å². The van der Waals surface area contributed by atoms with Gasteiger partial charge in [-0.15, -0.1) is 0 Å². The minimum atomic E-state index is -0.406. The summed E-state index contributed by atoms with van der Waals surface area (Å²) in [5.41, 5.74) is 8.30. The summed E-state index contributed by atoms with van der Waals surface area (Å²) in [6, 6.07) is 9.37. The summed E-state index contributed by atoms with van der Waals surface area (Å²) >= 11 is 3.05. The third kappa shape index (κ3) is 3.12. The molecular formula is C14H12BrFN2O. The second-order valence-electron chi connectivity index (χ2n) is 4.15. The predicted octanol–water partition coefficient (Wildman–Crippen LogP) is 3.73. The van der Waals surface area contributed by atoms with Gasteiger partial charge in [0.15, 0.2) is 0 Å². The number of halogens is 2. The Balaban J connectivity index is 2.20. The number of carbonyl (C=O) groups is 1. The van der Waals surface area contributed by atoms with E-state index in [-0.39, 0.29) is 10.4 Å². The van der Waals surface area contributed by atoms with E-state index in [9.17, 15) is 9.18 Å². The standard InChI is InChI=1S/C14H12BrFN2O/c1-8-2-4-10(7-13(8)17)18-14(19)9-3-5-12(16)11(15)6-9/h2-7H,17H2,1H3,(H,18,19). The molecule has 3 N–H and O–H groups in total. The second-order valence-corrected chi connectivity index (χ2v) is 5.01. The number of amides is 1. The second kappa shape index (κ2) is 5.40. The number of anilines is 2. The van der Waals surface area contributed by atoms with Crippen molar-refractivity contribution in [2.24, 2.45) is 0 Å². The van der Waals surface area contributed by atoms with Crippen molar-refractivity contribution in [3.8, 4) is 0 Å². The van der Waals surface area contributed by atoms with Gasteiger partial charge in [-0.3, -0.25) is 4.79 Å². The van der Waals surface area contributed by atoms with E-state index in [0.29, 0.717) is 16.9 Å². The van der Waals surface area contributed by atoms with Crippen LogP contribution in [0, 0.1) is 12.7 Å². The number of nitrogens with two attached hydrogens (primary N) is 1. The molecule has 0 saturated heterocycles. The van der Waals surface area contributed by atoms with Gasteiger partial charge in [0.05, 0.1) is 4.47 Å². The molecule has 0 aliphatic rings. The molecule has 1 amide bonds. The maximum atomic E-state index is 13.1. The fourth-order valence-electron chi connectivity index (χ4n) is 1.56. The van der Waals surface area contributed by atoms with E-state index in [2.05, 4.69) is 21.2 Å². The summed E-state index contributed by atoms with van der Waals surface area (Å²) in [5, 5.41) is 2.71. The molecule has 0 bridgehead atoms. The molecule has 0 aliphatic heterocycles. The topological polar surface area (TPSA) is 55.1 Å². The minimum Gasteiger partial charge on any atom is -0.398 e. The third-order valence-electron chi connectivity index (χ3n) is 2.72. The maximum absolute atomic E-state index is 13.1. The Kier molecular flexibility index (Phi) is 3.85. The zero-order valence-electron chi connectivity index (χ0n) is 10.2. The van der Waals surface area contributed by atoms with Crippen molar-refractivity contribution in [1.29, 1.82) is 0 Å². The quantitative estimate of drug-likeness (QED) is 0.828.